The molecule has 0 spiro atoms. The maximum absolute atomic E-state index is 12.0. The average molecular weight is 286 g/mol. The van der Waals surface area contributed by atoms with Crippen molar-refractivity contribution < 1.29 is 14.7 Å². The Morgan fingerprint density at radius 1 is 1.20 bits per heavy atom. The maximum Gasteiger partial charge on any atom is 0.317 e. The van der Waals surface area contributed by atoms with Crippen molar-refractivity contribution in [3.63, 3.8) is 0 Å². The second-order valence-electron chi connectivity index (χ2n) is 5.66. The number of carboxylic acid groups (broad SMARTS) is 1. The molecular formula is C15H30N2O3. The summed E-state index contributed by atoms with van der Waals surface area (Å²) in [4.78, 5) is 24.3. The van der Waals surface area contributed by atoms with Gasteiger partial charge in [0, 0.05) is 26.1 Å². The van der Waals surface area contributed by atoms with E-state index >= 15 is 0 Å². The number of hydrogen-bond acceptors (Lipinski definition) is 2. The third kappa shape index (κ3) is 8.77. The van der Waals surface area contributed by atoms with Crippen LogP contribution >= 0.6 is 0 Å². The zero-order chi connectivity index (χ0) is 15.5. The summed E-state index contributed by atoms with van der Waals surface area (Å²) in [6, 6.07) is -0.0192. The van der Waals surface area contributed by atoms with Gasteiger partial charge >= 0.3 is 12.0 Å². The van der Waals surface area contributed by atoms with Crippen molar-refractivity contribution in [2.24, 2.45) is 11.8 Å². The molecule has 0 aromatic heterocycles. The fraction of sp³-hybridized carbons (Fsp3) is 0.867. The molecule has 5 heteroatoms. The summed E-state index contributed by atoms with van der Waals surface area (Å²) >= 11 is 0. The van der Waals surface area contributed by atoms with Crippen LogP contribution in [0.4, 0.5) is 4.79 Å². The molecular weight excluding hydrogens is 256 g/mol. The van der Waals surface area contributed by atoms with Crippen LogP contribution in [-0.2, 0) is 4.79 Å². The molecule has 0 heterocycles. The summed E-state index contributed by atoms with van der Waals surface area (Å²) < 4.78 is 0. The van der Waals surface area contributed by atoms with Gasteiger partial charge in [-0.2, -0.15) is 0 Å². The molecule has 118 valence electrons. The molecule has 2 amide bonds. The molecule has 0 saturated carbocycles. The van der Waals surface area contributed by atoms with E-state index in [0.717, 1.165) is 19.4 Å². The monoisotopic (exact) mass is 286 g/mol. The molecule has 2 N–H and O–H groups in total. The number of nitrogens with one attached hydrogen (secondary N) is 1. The zero-order valence-corrected chi connectivity index (χ0v) is 13.3. The Morgan fingerprint density at radius 3 is 2.30 bits per heavy atom. The van der Waals surface area contributed by atoms with E-state index in [-0.39, 0.29) is 12.5 Å². The molecule has 0 aromatic rings. The largest absolute Gasteiger partial charge is 0.481 e. The van der Waals surface area contributed by atoms with Crippen LogP contribution in [0.25, 0.3) is 0 Å². The van der Waals surface area contributed by atoms with Gasteiger partial charge < -0.3 is 15.3 Å². The van der Waals surface area contributed by atoms with Gasteiger partial charge in [0.15, 0.2) is 0 Å². The van der Waals surface area contributed by atoms with Gasteiger partial charge in [0.2, 0.25) is 0 Å². The number of rotatable bonds is 10. The number of urea groups is 1. The number of hydrogen-bond donors (Lipinski definition) is 2. The second kappa shape index (κ2) is 10.5. The first-order chi connectivity index (χ1) is 9.40. The number of aliphatic carboxylic acids is 1. The summed E-state index contributed by atoms with van der Waals surface area (Å²) in [5.41, 5.74) is 0. The van der Waals surface area contributed by atoms with E-state index < -0.39 is 5.97 Å². The SMILES string of the molecule is CCC(CCNC(=O)N(CC)CC(C)C)CCC(=O)O. The Kier molecular flexibility index (Phi) is 9.86. The highest BCUT2D eigenvalue weighted by Gasteiger charge is 2.13. The Balaban J connectivity index is 4.00. The van der Waals surface area contributed by atoms with Gasteiger partial charge in [-0.3, -0.25) is 4.79 Å². The molecule has 1 unspecified atom stereocenters. The third-order valence-electron chi connectivity index (χ3n) is 3.43. The number of carbonyl (C=O) groups is 2. The molecule has 0 bridgehead atoms. The van der Waals surface area contributed by atoms with Gasteiger partial charge in [-0.25, -0.2) is 4.79 Å². The summed E-state index contributed by atoms with van der Waals surface area (Å²) in [7, 11) is 0. The molecule has 0 aliphatic rings. The standard InChI is InChI=1S/C15H30N2O3/c1-5-13(7-8-14(18)19)9-10-16-15(20)17(6-2)11-12(3)4/h12-13H,5-11H2,1-4H3,(H,16,20)(H,18,19). The fourth-order valence-corrected chi connectivity index (χ4v) is 2.17. The fourth-order valence-electron chi connectivity index (χ4n) is 2.17. The number of carbonyl (C=O) groups excluding carboxylic acids is 1. The van der Waals surface area contributed by atoms with E-state index in [1.165, 1.54) is 0 Å². The lowest BCUT2D eigenvalue weighted by molar-refractivity contribution is -0.137. The second-order valence-corrected chi connectivity index (χ2v) is 5.66. The Morgan fingerprint density at radius 2 is 1.85 bits per heavy atom. The summed E-state index contributed by atoms with van der Waals surface area (Å²) in [5.74, 6) is 0.0767. The Hall–Kier alpha value is -1.26. The predicted octanol–water partition coefficient (Wildman–Crippen LogP) is 2.96. The summed E-state index contributed by atoms with van der Waals surface area (Å²) in [5, 5.41) is 11.6. The lowest BCUT2D eigenvalue weighted by Crippen LogP contribution is -2.42. The topological polar surface area (TPSA) is 69.6 Å². The molecule has 5 nitrogen and oxygen atoms in total. The zero-order valence-electron chi connectivity index (χ0n) is 13.3. The van der Waals surface area contributed by atoms with Gasteiger partial charge in [-0.15, -0.1) is 0 Å². The van der Waals surface area contributed by atoms with Crippen LogP contribution in [0, 0.1) is 11.8 Å². The van der Waals surface area contributed by atoms with Crippen molar-refractivity contribution in [3.05, 3.63) is 0 Å². The van der Waals surface area contributed by atoms with Gasteiger partial charge in [-0.05, 0) is 31.6 Å². The van der Waals surface area contributed by atoms with E-state index in [0.29, 0.717) is 31.3 Å². The van der Waals surface area contributed by atoms with Crippen LogP contribution in [0.3, 0.4) is 0 Å². The highest BCUT2D eigenvalue weighted by Crippen LogP contribution is 2.14. The number of nitrogens with zero attached hydrogens (tertiary/aromatic N) is 1. The number of carboxylic acids is 1. The predicted molar refractivity (Wildman–Crippen MR) is 80.8 cm³/mol. The smallest absolute Gasteiger partial charge is 0.317 e. The molecule has 0 rings (SSSR count). The highest BCUT2D eigenvalue weighted by atomic mass is 16.4. The minimum absolute atomic E-state index is 0.0192. The van der Waals surface area contributed by atoms with Crippen LogP contribution in [0.5, 0.6) is 0 Å². The third-order valence-corrected chi connectivity index (χ3v) is 3.43. The normalized spacial score (nSPS) is 12.2. The summed E-state index contributed by atoms with van der Waals surface area (Å²) in [6.07, 6.45) is 2.69. The Labute approximate surface area is 122 Å². The highest BCUT2D eigenvalue weighted by molar-refractivity contribution is 5.74. The maximum atomic E-state index is 12.0. The van der Waals surface area contributed by atoms with Gasteiger partial charge in [0.1, 0.15) is 0 Å². The van der Waals surface area contributed by atoms with Crippen LogP contribution < -0.4 is 5.32 Å². The first-order valence-corrected chi connectivity index (χ1v) is 7.65. The van der Waals surface area contributed by atoms with Crippen molar-refractivity contribution in [2.75, 3.05) is 19.6 Å². The van der Waals surface area contributed by atoms with Crippen LogP contribution in [-0.4, -0.2) is 41.6 Å². The molecule has 20 heavy (non-hydrogen) atoms. The van der Waals surface area contributed by atoms with Crippen molar-refractivity contribution in [1.82, 2.24) is 10.2 Å². The lowest BCUT2D eigenvalue weighted by Gasteiger charge is -2.24. The summed E-state index contributed by atoms with van der Waals surface area (Å²) in [6.45, 7) is 10.3. The first-order valence-electron chi connectivity index (χ1n) is 7.65. The lowest BCUT2D eigenvalue weighted by atomic mass is 9.97. The van der Waals surface area contributed by atoms with Crippen molar-refractivity contribution in [2.45, 2.75) is 53.4 Å². The Bertz CT molecular complexity index is 293. The molecule has 0 radical (unpaired) electrons. The number of amides is 2. The average Bonchev–Trinajstić information content (AvgIpc) is 2.39. The van der Waals surface area contributed by atoms with E-state index in [2.05, 4.69) is 26.1 Å². The molecule has 0 aliphatic heterocycles. The quantitative estimate of drug-likeness (QED) is 0.648. The minimum Gasteiger partial charge on any atom is -0.481 e. The molecule has 0 aromatic carbocycles. The van der Waals surface area contributed by atoms with E-state index in [1.54, 1.807) is 0 Å². The molecule has 0 saturated heterocycles. The van der Waals surface area contributed by atoms with Crippen molar-refractivity contribution in [1.29, 1.82) is 0 Å². The molecule has 0 aliphatic carbocycles. The first kappa shape index (κ1) is 18.7. The van der Waals surface area contributed by atoms with Crippen molar-refractivity contribution >= 4 is 12.0 Å². The van der Waals surface area contributed by atoms with E-state index in [1.807, 2.05) is 11.8 Å². The van der Waals surface area contributed by atoms with E-state index in [4.69, 9.17) is 5.11 Å². The van der Waals surface area contributed by atoms with Crippen molar-refractivity contribution in [3.8, 4) is 0 Å². The molecule has 1 atom stereocenters. The van der Waals surface area contributed by atoms with E-state index in [9.17, 15) is 9.59 Å². The minimum atomic E-state index is -0.749. The van der Waals surface area contributed by atoms with Crippen LogP contribution in [0.2, 0.25) is 0 Å². The van der Waals surface area contributed by atoms with Crippen LogP contribution in [0.15, 0.2) is 0 Å². The van der Waals surface area contributed by atoms with Crippen LogP contribution in [0.1, 0.15) is 53.4 Å². The van der Waals surface area contributed by atoms with Gasteiger partial charge in [0.05, 0.1) is 0 Å². The van der Waals surface area contributed by atoms with Gasteiger partial charge in [0.25, 0.3) is 0 Å². The molecule has 0 fully saturated rings. The van der Waals surface area contributed by atoms with Gasteiger partial charge in [-0.1, -0.05) is 27.2 Å².